The predicted octanol–water partition coefficient (Wildman–Crippen LogP) is 2.87. The number of nitrogens with one attached hydrogen (secondary N) is 1. The van der Waals surface area contributed by atoms with Gasteiger partial charge in [-0.1, -0.05) is 28.1 Å². The number of hydrogen-bond acceptors (Lipinski definition) is 5. The van der Waals surface area contributed by atoms with E-state index in [0.29, 0.717) is 10.9 Å². The second kappa shape index (κ2) is 8.97. The molecule has 156 valence electrons. The van der Waals surface area contributed by atoms with Gasteiger partial charge in [0.1, 0.15) is 6.54 Å². The molecule has 1 aliphatic rings. The normalized spacial score (nSPS) is 15.2. The first-order valence-electron chi connectivity index (χ1n) is 9.88. The summed E-state index contributed by atoms with van der Waals surface area (Å²) in [6, 6.07) is 13.3. The van der Waals surface area contributed by atoms with Crippen molar-refractivity contribution in [3.05, 3.63) is 69.2 Å². The molecule has 7 nitrogen and oxygen atoms in total. The molecule has 1 fully saturated rings. The molecule has 0 aliphatic carbocycles. The van der Waals surface area contributed by atoms with Gasteiger partial charge in [0.05, 0.1) is 36.5 Å². The number of anilines is 1. The minimum atomic E-state index is -0.238. The van der Waals surface area contributed by atoms with Crippen LogP contribution in [0.2, 0.25) is 0 Å². The standard InChI is InChI=1S/C22H23BrN4O3/c1-15(16-2-5-18(6-3-16)26-8-10-30-11-9-26)25-21(28)13-27-14-24-20-7-4-17(23)12-19(20)22(27)29/h2-7,12,14-15H,8-11,13H2,1H3,(H,25,28). The number of morpholine rings is 1. The Kier molecular flexibility index (Phi) is 6.15. The molecule has 3 aromatic rings. The smallest absolute Gasteiger partial charge is 0.261 e. The van der Waals surface area contributed by atoms with E-state index in [1.54, 1.807) is 12.1 Å². The van der Waals surface area contributed by atoms with Crippen LogP contribution in [-0.2, 0) is 16.1 Å². The lowest BCUT2D eigenvalue weighted by molar-refractivity contribution is -0.122. The lowest BCUT2D eigenvalue weighted by Crippen LogP contribution is -2.36. The summed E-state index contributed by atoms with van der Waals surface area (Å²) in [4.78, 5) is 31.8. The van der Waals surface area contributed by atoms with E-state index in [0.717, 1.165) is 42.0 Å². The SMILES string of the molecule is CC(NC(=O)Cn1cnc2ccc(Br)cc2c1=O)c1ccc(N2CCOCC2)cc1. The number of nitrogens with zero attached hydrogens (tertiary/aromatic N) is 3. The zero-order chi connectivity index (χ0) is 21.1. The van der Waals surface area contributed by atoms with Crippen LogP contribution in [0.4, 0.5) is 5.69 Å². The van der Waals surface area contributed by atoms with Crippen LogP contribution in [0.1, 0.15) is 18.5 Å². The molecule has 4 rings (SSSR count). The average Bonchev–Trinajstić information content (AvgIpc) is 2.77. The van der Waals surface area contributed by atoms with Crippen LogP contribution in [0.25, 0.3) is 10.9 Å². The van der Waals surface area contributed by atoms with Crippen LogP contribution in [-0.4, -0.2) is 41.8 Å². The number of hydrogen-bond donors (Lipinski definition) is 1. The average molecular weight is 471 g/mol. The van der Waals surface area contributed by atoms with Gasteiger partial charge in [0.2, 0.25) is 5.91 Å². The van der Waals surface area contributed by atoms with Gasteiger partial charge in [-0.15, -0.1) is 0 Å². The van der Waals surface area contributed by atoms with Crippen LogP contribution in [0, 0.1) is 0 Å². The van der Waals surface area contributed by atoms with Gasteiger partial charge in [-0.3, -0.25) is 14.2 Å². The van der Waals surface area contributed by atoms with E-state index >= 15 is 0 Å². The van der Waals surface area contributed by atoms with Crippen molar-refractivity contribution in [2.45, 2.75) is 19.5 Å². The molecule has 1 amide bonds. The Hall–Kier alpha value is -2.71. The fourth-order valence-electron chi connectivity index (χ4n) is 3.56. The third-order valence-electron chi connectivity index (χ3n) is 5.25. The molecule has 2 aromatic carbocycles. The number of amides is 1. The number of carbonyl (C=O) groups excluding carboxylic acids is 1. The zero-order valence-corrected chi connectivity index (χ0v) is 18.3. The van der Waals surface area contributed by atoms with Crippen LogP contribution in [0.5, 0.6) is 0 Å². The van der Waals surface area contributed by atoms with E-state index in [9.17, 15) is 9.59 Å². The predicted molar refractivity (Wildman–Crippen MR) is 120 cm³/mol. The van der Waals surface area contributed by atoms with Gasteiger partial charge in [-0.25, -0.2) is 4.98 Å². The molecule has 1 N–H and O–H groups in total. The first-order valence-corrected chi connectivity index (χ1v) is 10.7. The highest BCUT2D eigenvalue weighted by molar-refractivity contribution is 9.10. The minimum Gasteiger partial charge on any atom is -0.378 e. The lowest BCUT2D eigenvalue weighted by atomic mass is 10.1. The number of ether oxygens (including phenoxy) is 1. The van der Waals surface area contributed by atoms with Gasteiger partial charge in [0.25, 0.3) is 5.56 Å². The lowest BCUT2D eigenvalue weighted by Gasteiger charge is -2.29. The van der Waals surface area contributed by atoms with Gasteiger partial charge in [0.15, 0.2) is 0 Å². The Morgan fingerprint density at radius 1 is 1.20 bits per heavy atom. The molecule has 1 atom stereocenters. The summed E-state index contributed by atoms with van der Waals surface area (Å²) >= 11 is 3.37. The van der Waals surface area contributed by atoms with E-state index in [4.69, 9.17) is 4.74 Å². The number of rotatable bonds is 5. The maximum atomic E-state index is 12.7. The maximum Gasteiger partial charge on any atom is 0.261 e. The van der Waals surface area contributed by atoms with Crippen LogP contribution in [0.3, 0.4) is 0 Å². The van der Waals surface area contributed by atoms with Gasteiger partial charge in [-0.2, -0.15) is 0 Å². The highest BCUT2D eigenvalue weighted by Gasteiger charge is 2.14. The first kappa shape index (κ1) is 20.6. The highest BCUT2D eigenvalue weighted by Crippen LogP contribution is 2.20. The molecule has 30 heavy (non-hydrogen) atoms. The molecular weight excluding hydrogens is 448 g/mol. The number of fused-ring (bicyclic) bond motifs is 1. The van der Waals surface area contributed by atoms with Gasteiger partial charge in [0, 0.05) is 23.2 Å². The van der Waals surface area contributed by atoms with Crippen molar-refractivity contribution in [3.8, 4) is 0 Å². The van der Waals surface area contributed by atoms with Gasteiger partial charge < -0.3 is 15.0 Å². The summed E-state index contributed by atoms with van der Waals surface area (Å²) in [7, 11) is 0. The van der Waals surface area contributed by atoms with E-state index in [2.05, 4.69) is 43.3 Å². The summed E-state index contributed by atoms with van der Waals surface area (Å²) < 4.78 is 7.52. The largest absolute Gasteiger partial charge is 0.378 e. The quantitative estimate of drug-likeness (QED) is 0.620. The summed E-state index contributed by atoms with van der Waals surface area (Å²) in [5.41, 5.74) is 2.53. The molecule has 8 heteroatoms. The molecule has 2 heterocycles. The van der Waals surface area contributed by atoms with Crippen molar-refractivity contribution in [1.29, 1.82) is 0 Å². The summed E-state index contributed by atoms with van der Waals surface area (Å²) in [5, 5.41) is 3.44. The van der Waals surface area contributed by atoms with Crippen LogP contribution < -0.4 is 15.8 Å². The van der Waals surface area contributed by atoms with Crippen molar-refractivity contribution in [2.75, 3.05) is 31.2 Å². The Balaban J connectivity index is 1.42. The molecule has 1 aliphatic heterocycles. The van der Waals surface area contributed by atoms with Crippen molar-refractivity contribution < 1.29 is 9.53 Å². The number of benzene rings is 2. The molecular formula is C22H23BrN4O3. The van der Waals surface area contributed by atoms with Gasteiger partial charge >= 0.3 is 0 Å². The maximum absolute atomic E-state index is 12.7. The van der Waals surface area contributed by atoms with E-state index in [1.807, 2.05) is 25.1 Å². The topological polar surface area (TPSA) is 76.5 Å². The highest BCUT2D eigenvalue weighted by atomic mass is 79.9. The van der Waals surface area contributed by atoms with Crippen molar-refractivity contribution >= 4 is 38.4 Å². The van der Waals surface area contributed by atoms with E-state index in [-0.39, 0.29) is 24.1 Å². The summed E-state index contributed by atoms with van der Waals surface area (Å²) in [5.74, 6) is -0.238. The van der Waals surface area contributed by atoms with Crippen LogP contribution in [0.15, 0.2) is 58.1 Å². The van der Waals surface area contributed by atoms with Crippen molar-refractivity contribution in [2.24, 2.45) is 0 Å². The third-order valence-corrected chi connectivity index (χ3v) is 5.74. The van der Waals surface area contributed by atoms with Gasteiger partial charge in [-0.05, 0) is 42.8 Å². The second-order valence-corrected chi connectivity index (χ2v) is 8.23. The summed E-state index contributed by atoms with van der Waals surface area (Å²) in [6.07, 6.45) is 1.42. The van der Waals surface area contributed by atoms with Crippen LogP contribution >= 0.6 is 15.9 Å². The molecule has 0 saturated carbocycles. The van der Waals surface area contributed by atoms with Crippen molar-refractivity contribution in [3.63, 3.8) is 0 Å². The van der Waals surface area contributed by atoms with E-state index < -0.39 is 0 Å². The fourth-order valence-corrected chi connectivity index (χ4v) is 3.93. The monoisotopic (exact) mass is 470 g/mol. The molecule has 0 spiro atoms. The Morgan fingerprint density at radius 3 is 2.67 bits per heavy atom. The fraction of sp³-hybridized carbons (Fsp3) is 0.318. The Bertz CT molecular complexity index is 1110. The Morgan fingerprint density at radius 2 is 1.93 bits per heavy atom. The molecule has 1 aromatic heterocycles. The molecule has 0 bridgehead atoms. The number of aromatic nitrogens is 2. The zero-order valence-electron chi connectivity index (χ0n) is 16.7. The second-order valence-electron chi connectivity index (χ2n) is 7.32. The minimum absolute atomic E-state index is 0.0789. The van der Waals surface area contributed by atoms with E-state index in [1.165, 1.54) is 10.9 Å². The molecule has 1 saturated heterocycles. The molecule has 0 radical (unpaired) electrons. The first-order chi connectivity index (χ1) is 14.5. The Labute approximate surface area is 182 Å². The number of carbonyl (C=O) groups is 1. The summed E-state index contributed by atoms with van der Waals surface area (Å²) in [6.45, 7) is 5.11. The third kappa shape index (κ3) is 4.55. The molecule has 1 unspecified atom stereocenters. The number of halogens is 1. The van der Waals surface area contributed by atoms with Crippen molar-refractivity contribution in [1.82, 2.24) is 14.9 Å².